The third kappa shape index (κ3) is 3.79. The SMILES string of the molecule is CC1CCCC(NC2CCCCCC2)C1. The second kappa shape index (κ2) is 5.89. The molecular formula is C14H27N. The molecule has 0 amide bonds. The minimum Gasteiger partial charge on any atom is -0.311 e. The molecule has 2 fully saturated rings. The maximum atomic E-state index is 3.93. The highest BCUT2D eigenvalue weighted by Crippen LogP contribution is 2.25. The fourth-order valence-corrected chi connectivity index (χ4v) is 3.36. The van der Waals surface area contributed by atoms with Gasteiger partial charge in [0, 0.05) is 12.1 Å². The van der Waals surface area contributed by atoms with Crippen molar-refractivity contribution in [3.05, 3.63) is 0 Å². The van der Waals surface area contributed by atoms with E-state index in [1.165, 1.54) is 64.2 Å². The van der Waals surface area contributed by atoms with Gasteiger partial charge in [-0.1, -0.05) is 45.4 Å². The van der Waals surface area contributed by atoms with Gasteiger partial charge in [0.1, 0.15) is 0 Å². The zero-order valence-electron chi connectivity index (χ0n) is 10.3. The molecule has 2 unspecified atom stereocenters. The Bertz CT molecular complexity index is 170. The maximum Gasteiger partial charge on any atom is 0.00721 e. The van der Waals surface area contributed by atoms with Crippen molar-refractivity contribution < 1.29 is 0 Å². The molecule has 0 aromatic heterocycles. The van der Waals surface area contributed by atoms with Gasteiger partial charge >= 0.3 is 0 Å². The molecule has 0 saturated heterocycles. The van der Waals surface area contributed by atoms with Crippen molar-refractivity contribution in [3.63, 3.8) is 0 Å². The smallest absolute Gasteiger partial charge is 0.00721 e. The molecule has 1 heteroatoms. The standard InChI is InChI=1S/C14H27N/c1-12-7-6-10-14(11-12)15-13-8-4-2-3-5-9-13/h12-15H,2-11H2,1H3. The second-order valence-electron chi connectivity index (χ2n) is 5.82. The molecule has 88 valence electrons. The van der Waals surface area contributed by atoms with Crippen LogP contribution in [0.15, 0.2) is 0 Å². The highest BCUT2D eigenvalue weighted by Gasteiger charge is 2.21. The largest absolute Gasteiger partial charge is 0.311 e. The first-order valence-corrected chi connectivity index (χ1v) is 7.10. The monoisotopic (exact) mass is 209 g/mol. The minimum absolute atomic E-state index is 0.844. The third-order valence-electron chi connectivity index (χ3n) is 4.26. The fourth-order valence-electron chi connectivity index (χ4n) is 3.36. The van der Waals surface area contributed by atoms with E-state index >= 15 is 0 Å². The van der Waals surface area contributed by atoms with Gasteiger partial charge in [-0.3, -0.25) is 0 Å². The van der Waals surface area contributed by atoms with Crippen LogP contribution in [0.3, 0.4) is 0 Å². The zero-order valence-corrected chi connectivity index (χ0v) is 10.3. The zero-order chi connectivity index (χ0) is 10.5. The van der Waals surface area contributed by atoms with Crippen LogP contribution in [-0.4, -0.2) is 12.1 Å². The van der Waals surface area contributed by atoms with Gasteiger partial charge in [-0.25, -0.2) is 0 Å². The van der Waals surface area contributed by atoms with Gasteiger partial charge in [0.25, 0.3) is 0 Å². The third-order valence-corrected chi connectivity index (χ3v) is 4.26. The lowest BCUT2D eigenvalue weighted by atomic mass is 9.86. The predicted molar refractivity (Wildman–Crippen MR) is 66.0 cm³/mol. The molecule has 0 heterocycles. The highest BCUT2D eigenvalue weighted by atomic mass is 14.9. The van der Waals surface area contributed by atoms with Gasteiger partial charge in [-0.2, -0.15) is 0 Å². The molecule has 0 radical (unpaired) electrons. The highest BCUT2D eigenvalue weighted by molar-refractivity contribution is 4.80. The van der Waals surface area contributed by atoms with Crippen LogP contribution in [0.4, 0.5) is 0 Å². The van der Waals surface area contributed by atoms with E-state index in [2.05, 4.69) is 12.2 Å². The first-order valence-electron chi connectivity index (χ1n) is 7.10. The Labute approximate surface area is 95.0 Å². The van der Waals surface area contributed by atoms with E-state index in [1.807, 2.05) is 0 Å². The van der Waals surface area contributed by atoms with Crippen molar-refractivity contribution in [1.29, 1.82) is 0 Å². The average Bonchev–Trinajstić information content (AvgIpc) is 2.46. The topological polar surface area (TPSA) is 12.0 Å². The summed E-state index contributed by atoms with van der Waals surface area (Å²) >= 11 is 0. The summed E-state index contributed by atoms with van der Waals surface area (Å²) < 4.78 is 0. The summed E-state index contributed by atoms with van der Waals surface area (Å²) in [5.41, 5.74) is 0. The van der Waals surface area contributed by atoms with Crippen LogP contribution in [0.1, 0.15) is 71.1 Å². The molecule has 0 spiro atoms. The molecular weight excluding hydrogens is 182 g/mol. The molecule has 0 aromatic rings. The van der Waals surface area contributed by atoms with Crippen molar-refractivity contribution >= 4 is 0 Å². The van der Waals surface area contributed by atoms with Crippen molar-refractivity contribution in [3.8, 4) is 0 Å². The molecule has 15 heavy (non-hydrogen) atoms. The number of nitrogens with one attached hydrogen (secondary N) is 1. The summed E-state index contributed by atoms with van der Waals surface area (Å²) in [6.07, 6.45) is 14.5. The van der Waals surface area contributed by atoms with Crippen LogP contribution in [0.25, 0.3) is 0 Å². The van der Waals surface area contributed by atoms with Crippen molar-refractivity contribution in [2.75, 3.05) is 0 Å². The van der Waals surface area contributed by atoms with Crippen LogP contribution in [0, 0.1) is 5.92 Å². The van der Waals surface area contributed by atoms with Crippen LogP contribution < -0.4 is 5.32 Å². The molecule has 1 N–H and O–H groups in total. The number of hydrogen-bond acceptors (Lipinski definition) is 1. The normalized spacial score (nSPS) is 35.0. The van der Waals surface area contributed by atoms with E-state index in [-0.39, 0.29) is 0 Å². The van der Waals surface area contributed by atoms with E-state index < -0.39 is 0 Å². The Balaban J connectivity index is 1.74. The predicted octanol–water partition coefficient (Wildman–Crippen LogP) is 3.88. The van der Waals surface area contributed by atoms with Crippen LogP contribution in [0.5, 0.6) is 0 Å². The van der Waals surface area contributed by atoms with Gasteiger partial charge in [-0.05, 0) is 31.6 Å². The van der Waals surface area contributed by atoms with Crippen molar-refractivity contribution in [2.24, 2.45) is 5.92 Å². The average molecular weight is 209 g/mol. The van der Waals surface area contributed by atoms with Crippen LogP contribution in [0.2, 0.25) is 0 Å². The molecule has 2 aliphatic rings. The van der Waals surface area contributed by atoms with E-state index in [1.54, 1.807) is 0 Å². The van der Waals surface area contributed by atoms with Crippen molar-refractivity contribution in [2.45, 2.75) is 83.2 Å². The van der Waals surface area contributed by atoms with E-state index in [9.17, 15) is 0 Å². The summed E-state index contributed by atoms with van der Waals surface area (Å²) in [5.74, 6) is 0.960. The first kappa shape index (κ1) is 11.4. The summed E-state index contributed by atoms with van der Waals surface area (Å²) in [6, 6.07) is 1.69. The van der Waals surface area contributed by atoms with Gasteiger partial charge in [-0.15, -0.1) is 0 Å². The summed E-state index contributed by atoms with van der Waals surface area (Å²) in [7, 11) is 0. The molecule has 2 saturated carbocycles. The summed E-state index contributed by atoms with van der Waals surface area (Å²) in [5, 5.41) is 3.93. The Morgan fingerprint density at radius 3 is 2.07 bits per heavy atom. The van der Waals surface area contributed by atoms with E-state index in [0.29, 0.717) is 0 Å². The molecule has 0 aromatic carbocycles. The molecule has 0 bridgehead atoms. The minimum atomic E-state index is 0.844. The number of hydrogen-bond donors (Lipinski definition) is 1. The summed E-state index contributed by atoms with van der Waals surface area (Å²) in [4.78, 5) is 0. The lowest BCUT2D eigenvalue weighted by Gasteiger charge is -2.31. The Morgan fingerprint density at radius 2 is 1.40 bits per heavy atom. The Kier molecular flexibility index (Phi) is 4.49. The maximum absolute atomic E-state index is 3.93. The van der Waals surface area contributed by atoms with Crippen molar-refractivity contribution in [1.82, 2.24) is 5.32 Å². The number of rotatable bonds is 2. The van der Waals surface area contributed by atoms with Gasteiger partial charge in [0.05, 0.1) is 0 Å². The van der Waals surface area contributed by atoms with E-state index in [0.717, 1.165) is 18.0 Å². The first-order chi connectivity index (χ1) is 7.34. The van der Waals surface area contributed by atoms with Crippen LogP contribution >= 0.6 is 0 Å². The second-order valence-corrected chi connectivity index (χ2v) is 5.82. The lowest BCUT2D eigenvalue weighted by molar-refractivity contribution is 0.271. The molecule has 1 nitrogen and oxygen atoms in total. The van der Waals surface area contributed by atoms with Crippen LogP contribution in [-0.2, 0) is 0 Å². The lowest BCUT2D eigenvalue weighted by Crippen LogP contribution is -2.40. The summed E-state index contributed by atoms with van der Waals surface area (Å²) in [6.45, 7) is 2.42. The van der Waals surface area contributed by atoms with Gasteiger partial charge < -0.3 is 5.32 Å². The Hall–Kier alpha value is -0.0400. The molecule has 2 atom stereocenters. The Morgan fingerprint density at radius 1 is 0.733 bits per heavy atom. The fraction of sp³-hybridized carbons (Fsp3) is 1.00. The van der Waals surface area contributed by atoms with E-state index in [4.69, 9.17) is 0 Å². The molecule has 2 aliphatic carbocycles. The van der Waals surface area contributed by atoms with Gasteiger partial charge in [0.15, 0.2) is 0 Å². The molecule has 0 aliphatic heterocycles. The van der Waals surface area contributed by atoms with Gasteiger partial charge in [0.2, 0.25) is 0 Å². The quantitative estimate of drug-likeness (QED) is 0.681. The molecule has 2 rings (SSSR count).